The van der Waals surface area contributed by atoms with Gasteiger partial charge in [0.05, 0.1) is 6.42 Å². The molecule has 0 N–H and O–H groups in total. The van der Waals surface area contributed by atoms with Gasteiger partial charge in [0.15, 0.2) is 11.9 Å². The molecule has 8 atom stereocenters. The van der Waals surface area contributed by atoms with Crippen molar-refractivity contribution < 1.29 is 28.8 Å². The maximum absolute atomic E-state index is 12.6. The largest absolute Gasteiger partial charge is 0.435 e. The Bertz CT molecular complexity index is 768. The highest BCUT2D eigenvalue weighted by molar-refractivity contribution is 5.72. The predicted molar refractivity (Wildman–Crippen MR) is 103 cm³/mol. The lowest BCUT2D eigenvalue weighted by molar-refractivity contribution is -0.576. The Hall–Kier alpha value is -1.47. The Kier molecular flexibility index (Phi) is 4.74. The van der Waals surface area contributed by atoms with E-state index in [1.165, 1.54) is 0 Å². The van der Waals surface area contributed by atoms with Crippen LogP contribution in [0.4, 0.5) is 0 Å². The first-order valence-electron chi connectivity index (χ1n) is 10.8. The zero-order valence-corrected chi connectivity index (χ0v) is 17.3. The maximum Gasteiger partial charge on any atom is 0.312 e. The molecule has 0 unspecified atom stereocenters. The standard InChI is InChI=1S/C23H30O6/c1-14-9-10-18-15(2)20(25-19(24)13-16-7-5-4-6-8-16)26-21-23(18)17(14)11-12-22(3,27-21)28-29-23/h4-8,14-15,17-18,20-21H,9-13H2,1-3H3/t14-,15-,17+,18+,20-,21-,22-,23-/m1/s1. The third-order valence-corrected chi connectivity index (χ3v) is 7.54. The summed E-state index contributed by atoms with van der Waals surface area (Å²) in [6, 6.07) is 9.62. The summed E-state index contributed by atoms with van der Waals surface area (Å²) >= 11 is 0. The number of fused-ring (bicyclic) bond motifs is 2. The van der Waals surface area contributed by atoms with Crippen molar-refractivity contribution in [1.82, 2.24) is 0 Å². The number of rotatable bonds is 3. The average molecular weight is 402 g/mol. The van der Waals surface area contributed by atoms with Gasteiger partial charge in [-0.25, -0.2) is 9.78 Å². The van der Waals surface area contributed by atoms with Crippen molar-refractivity contribution in [2.24, 2.45) is 23.7 Å². The van der Waals surface area contributed by atoms with Crippen LogP contribution in [0.25, 0.3) is 0 Å². The summed E-state index contributed by atoms with van der Waals surface area (Å²) in [5.74, 6) is -0.146. The maximum atomic E-state index is 12.6. The highest BCUT2D eigenvalue weighted by Crippen LogP contribution is 2.60. The summed E-state index contributed by atoms with van der Waals surface area (Å²) in [6.07, 6.45) is 2.85. The van der Waals surface area contributed by atoms with Gasteiger partial charge < -0.3 is 14.2 Å². The first kappa shape index (κ1) is 19.5. The van der Waals surface area contributed by atoms with Crippen LogP contribution in [-0.2, 0) is 35.2 Å². The van der Waals surface area contributed by atoms with Crippen molar-refractivity contribution >= 4 is 5.97 Å². The molecule has 0 aromatic heterocycles. The first-order chi connectivity index (χ1) is 13.9. The van der Waals surface area contributed by atoms with Crippen LogP contribution in [0.5, 0.6) is 0 Å². The van der Waals surface area contributed by atoms with Crippen molar-refractivity contribution in [3.05, 3.63) is 35.9 Å². The minimum atomic E-state index is -0.823. The molecule has 4 saturated heterocycles. The molecule has 5 fully saturated rings. The number of carbonyl (C=O) groups excluding carboxylic acids is 1. The van der Waals surface area contributed by atoms with E-state index in [9.17, 15) is 4.79 Å². The summed E-state index contributed by atoms with van der Waals surface area (Å²) in [4.78, 5) is 24.5. The van der Waals surface area contributed by atoms with Crippen molar-refractivity contribution in [3.8, 4) is 0 Å². The van der Waals surface area contributed by atoms with Crippen LogP contribution >= 0.6 is 0 Å². The Labute approximate surface area is 171 Å². The number of ether oxygens (including phenoxy) is 3. The van der Waals surface area contributed by atoms with E-state index in [0.29, 0.717) is 11.8 Å². The molecule has 6 rings (SSSR count). The first-order valence-corrected chi connectivity index (χ1v) is 10.8. The molecule has 1 aromatic rings. The molecule has 1 aliphatic carbocycles. The summed E-state index contributed by atoms with van der Waals surface area (Å²) in [7, 11) is 0. The smallest absolute Gasteiger partial charge is 0.312 e. The zero-order chi connectivity index (χ0) is 20.2. The summed E-state index contributed by atoms with van der Waals surface area (Å²) in [6.45, 7) is 6.27. The Morgan fingerprint density at radius 1 is 1.10 bits per heavy atom. The van der Waals surface area contributed by atoms with Gasteiger partial charge in [0, 0.05) is 18.3 Å². The topological polar surface area (TPSA) is 63.2 Å². The molecule has 5 aliphatic rings. The van der Waals surface area contributed by atoms with Gasteiger partial charge in [-0.2, -0.15) is 0 Å². The van der Waals surface area contributed by atoms with Gasteiger partial charge in [0.25, 0.3) is 0 Å². The minimum Gasteiger partial charge on any atom is -0.435 e. The minimum absolute atomic E-state index is 0.00405. The van der Waals surface area contributed by atoms with Crippen LogP contribution in [0, 0.1) is 23.7 Å². The molecule has 1 saturated carbocycles. The lowest BCUT2D eigenvalue weighted by Gasteiger charge is -2.59. The monoisotopic (exact) mass is 402 g/mol. The van der Waals surface area contributed by atoms with Crippen molar-refractivity contribution in [1.29, 1.82) is 0 Å². The number of hydrogen-bond acceptors (Lipinski definition) is 6. The summed E-state index contributed by atoms with van der Waals surface area (Å²) in [5.41, 5.74) is 0.299. The molecule has 1 spiro atoms. The lowest BCUT2D eigenvalue weighted by atomic mass is 9.58. The van der Waals surface area contributed by atoms with Gasteiger partial charge in [-0.1, -0.05) is 44.2 Å². The summed E-state index contributed by atoms with van der Waals surface area (Å²) < 4.78 is 18.4. The lowest BCUT2D eigenvalue weighted by Crippen LogP contribution is -2.70. The molecule has 2 bridgehead atoms. The molecule has 4 heterocycles. The number of esters is 1. The van der Waals surface area contributed by atoms with E-state index in [2.05, 4.69) is 13.8 Å². The molecule has 4 aliphatic heterocycles. The number of benzene rings is 1. The van der Waals surface area contributed by atoms with Gasteiger partial charge in [0.2, 0.25) is 12.1 Å². The van der Waals surface area contributed by atoms with E-state index in [1.807, 2.05) is 37.3 Å². The van der Waals surface area contributed by atoms with E-state index in [4.69, 9.17) is 24.0 Å². The molecule has 158 valence electrons. The molecular weight excluding hydrogens is 372 g/mol. The van der Waals surface area contributed by atoms with Crippen LogP contribution in [0.3, 0.4) is 0 Å². The van der Waals surface area contributed by atoms with E-state index in [0.717, 1.165) is 31.2 Å². The van der Waals surface area contributed by atoms with Crippen LogP contribution in [0.15, 0.2) is 30.3 Å². The highest BCUT2D eigenvalue weighted by Gasteiger charge is 2.69. The van der Waals surface area contributed by atoms with Crippen molar-refractivity contribution in [2.75, 3.05) is 0 Å². The van der Waals surface area contributed by atoms with Gasteiger partial charge in [-0.05, 0) is 43.6 Å². The van der Waals surface area contributed by atoms with E-state index in [1.54, 1.807) is 0 Å². The third kappa shape index (κ3) is 3.12. The van der Waals surface area contributed by atoms with Crippen LogP contribution in [0.1, 0.15) is 52.0 Å². The summed E-state index contributed by atoms with van der Waals surface area (Å²) in [5, 5.41) is 0. The van der Waals surface area contributed by atoms with Gasteiger partial charge in [0.1, 0.15) is 0 Å². The fourth-order valence-corrected chi connectivity index (χ4v) is 5.94. The molecule has 29 heavy (non-hydrogen) atoms. The fourth-order valence-electron chi connectivity index (χ4n) is 5.94. The highest BCUT2D eigenvalue weighted by atomic mass is 17.3. The normalized spacial score (nSPS) is 45.9. The van der Waals surface area contributed by atoms with Crippen LogP contribution in [-0.4, -0.2) is 29.9 Å². The van der Waals surface area contributed by atoms with Gasteiger partial charge in [-0.3, -0.25) is 4.79 Å². The second-order valence-corrected chi connectivity index (χ2v) is 9.43. The van der Waals surface area contributed by atoms with E-state index >= 15 is 0 Å². The molecule has 6 nitrogen and oxygen atoms in total. The average Bonchev–Trinajstić information content (AvgIpc) is 2.93. The molecule has 1 aromatic carbocycles. The van der Waals surface area contributed by atoms with Crippen LogP contribution < -0.4 is 0 Å². The van der Waals surface area contributed by atoms with E-state index < -0.39 is 24.0 Å². The molecule has 0 amide bonds. The Balaban J connectivity index is 1.39. The van der Waals surface area contributed by atoms with Crippen molar-refractivity contribution in [3.63, 3.8) is 0 Å². The number of hydrogen-bond donors (Lipinski definition) is 0. The molecular formula is C23H30O6. The second-order valence-electron chi connectivity index (χ2n) is 9.43. The molecule has 6 heteroatoms. The third-order valence-electron chi connectivity index (χ3n) is 7.54. The SMILES string of the molecule is C[C@H]1[C@H](OC(=O)Cc2ccccc2)O[C@@H]2O[C@@]3(C)CC[C@H]4[C@H](C)CC[C@@H]1[C@@]24OO3. The zero-order valence-electron chi connectivity index (χ0n) is 17.3. The number of carbonyl (C=O) groups is 1. The van der Waals surface area contributed by atoms with Gasteiger partial charge >= 0.3 is 5.97 Å². The van der Waals surface area contributed by atoms with Gasteiger partial charge in [-0.15, -0.1) is 0 Å². The van der Waals surface area contributed by atoms with Crippen LogP contribution in [0.2, 0.25) is 0 Å². The quantitative estimate of drug-likeness (QED) is 0.563. The predicted octanol–water partition coefficient (Wildman–Crippen LogP) is 3.98. The van der Waals surface area contributed by atoms with Crippen molar-refractivity contribution in [2.45, 2.75) is 76.8 Å². The Morgan fingerprint density at radius 2 is 1.90 bits per heavy atom. The second kappa shape index (κ2) is 7.05. The Morgan fingerprint density at radius 3 is 2.69 bits per heavy atom. The van der Waals surface area contributed by atoms with E-state index in [-0.39, 0.29) is 24.2 Å². The fraction of sp³-hybridized carbons (Fsp3) is 0.696. The molecule has 0 radical (unpaired) electrons.